The van der Waals surface area contributed by atoms with Gasteiger partial charge >= 0.3 is 5.97 Å². The number of amides is 1. The van der Waals surface area contributed by atoms with Crippen molar-refractivity contribution in [3.8, 4) is 0 Å². The third kappa shape index (κ3) is 2.98. The minimum Gasteiger partial charge on any atom is -0.450 e. The Bertz CT molecular complexity index is 822. The monoisotopic (exact) mass is 313 g/mol. The third-order valence-electron chi connectivity index (χ3n) is 3.65. The van der Waals surface area contributed by atoms with E-state index >= 15 is 0 Å². The Morgan fingerprint density at radius 3 is 2.78 bits per heavy atom. The van der Waals surface area contributed by atoms with E-state index in [9.17, 15) is 14.4 Å². The molecule has 0 bridgehead atoms. The fourth-order valence-electron chi connectivity index (χ4n) is 2.40. The highest BCUT2D eigenvalue weighted by Crippen LogP contribution is 2.20. The molecule has 1 amide bonds. The number of benzene rings is 1. The molecule has 0 spiro atoms. The molecule has 1 atom stereocenters. The highest BCUT2D eigenvalue weighted by molar-refractivity contribution is 6.37. The number of H-pyrrole nitrogens is 1. The lowest BCUT2D eigenvalue weighted by atomic mass is 10.1. The average Bonchev–Trinajstić information content (AvgIpc) is 2.98. The van der Waals surface area contributed by atoms with Gasteiger partial charge in [-0.25, -0.2) is 10.2 Å². The van der Waals surface area contributed by atoms with Crippen LogP contribution in [0.5, 0.6) is 0 Å². The standard InChI is InChI=1S/C16H15N3O4/c1-9(23-16(22)13-6-7-14(20)19-18-13)15(21)11-8-17-12-5-3-2-4-10(11)12/h2-5,8-9,17H,6-7H2,1H3,(H,19,20)/t9-/m0/s1. The summed E-state index contributed by atoms with van der Waals surface area (Å²) in [6.07, 6.45) is 1.05. The lowest BCUT2D eigenvalue weighted by Crippen LogP contribution is -2.34. The minimum atomic E-state index is -0.943. The van der Waals surface area contributed by atoms with E-state index < -0.39 is 12.1 Å². The summed E-state index contributed by atoms with van der Waals surface area (Å²) in [6, 6.07) is 7.39. The van der Waals surface area contributed by atoms with Crippen LogP contribution >= 0.6 is 0 Å². The average molecular weight is 313 g/mol. The van der Waals surface area contributed by atoms with E-state index in [1.165, 1.54) is 6.92 Å². The zero-order valence-electron chi connectivity index (χ0n) is 12.5. The molecule has 2 N–H and O–H groups in total. The van der Waals surface area contributed by atoms with Crippen molar-refractivity contribution in [1.29, 1.82) is 0 Å². The van der Waals surface area contributed by atoms with Crippen molar-refractivity contribution in [2.45, 2.75) is 25.9 Å². The normalized spacial score (nSPS) is 15.7. The number of carbonyl (C=O) groups excluding carboxylic acids is 3. The number of Topliss-reactive ketones (excluding diaryl/α,β-unsaturated/α-hetero) is 1. The maximum absolute atomic E-state index is 12.5. The topological polar surface area (TPSA) is 101 Å². The van der Waals surface area contributed by atoms with E-state index in [4.69, 9.17) is 4.74 Å². The van der Waals surface area contributed by atoms with Crippen LogP contribution in [-0.2, 0) is 14.3 Å². The van der Waals surface area contributed by atoms with E-state index in [0.717, 1.165) is 10.9 Å². The van der Waals surface area contributed by atoms with E-state index in [2.05, 4.69) is 15.5 Å². The van der Waals surface area contributed by atoms with Gasteiger partial charge in [-0.1, -0.05) is 18.2 Å². The molecule has 0 unspecified atom stereocenters. The van der Waals surface area contributed by atoms with E-state index in [0.29, 0.717) is 5.56 Å². The van der Waals surface area contributed by atoms with Crippen molar-refractivity contribution in [2.24, 2.45) is 5.10 Å². The lowest BCUT2D eigenvalue weighted by molar-refractivity contribution is -0.138. The van der Waals surface area contributed by atoms with E-state index in [-0.39, 0.29) is 30.2 Å². The molecule has 0 saturated carbocycles. The molecular formula is C16H15N3O4. The lowest BCUT2D eigenvalue weighted by Gasteiger charge is -2.15. The van der Waals surface area contributed by atoms with Crippen LogP contribution < -0.4 is 5.43 Å². The molecule has 1 aliphatic rings. The number of rotatable bonds is 4. The molecule has 0 radical (unpaired) electrons. The second-order valence-electron chi connectivity index (χ2n) is 5.25. The first kappa shape index (κ1) is 15.0. The summed E-state index contributed by atoms with van der Waals surface area (Å²) in [5.41, 5.74) is 3.65. The number of hydrazone groups is 1. The van der Waals surface area contributed by atoms with Crippen LogP contribution in [-0.4, -0.2) is 34.5 Å². The summed E-state index contributed by atoms with van der Waals surface area (Å²) in [6.45, 7) is 1.52. The van der Waals surface area contributed by atoms with Gasteiger partial charge in [0.25, 0.3) is 0 Å². The van der Waals surface area contributed by atoms with Crippen LogP contribution in [0.25, 0.3) is 10.9 Å². The van der Waals surface area contributed by atoms with E-state index in [1.807, 2.05) is 24.3 Å². The molecule has 0 saturated heterocycles. The Balaban J connectivity index is 1.73. The van der Waals surface area contributed by atoms with Gasteiger partial charge in [-0.15, -0.1) is 0 Å². The number of hydrogen-bond donors (Lipinski definition) is 2. The molecule has 7 nitrogen and oxygen atoms in total. The molecule has 23 heavy (non-hydrogen) atoms. The quantitative estimate of drug-likeness (QED) is 0.660. The molecule has 2 aromatic rings. The van der Waals surface area contributed by atoms with Crippen LogP contribution in [0.1, 0.15) is 30.1 Å². The Labute approximate surface area is 131 Å². The number of nitrogens with zero attached hydrogens (tertiary/aromatic N) is 1. The fourth-order valence-corrected chi connectivity index (χ4v) is 2.40. The predicted molar refractivity (Wildman–Crippen MR) is 83.0 cm³/mol. The van der Waals surface area contributed by atoms with Gasteiger partial charge in [0, 0.05) is 35.5 Å². The van der Waals surface area contributed by atoms with Crippen LogP contribution in [0.2, 0.25) is 0 Å². The summed E-state index contributed by atoms with van der Waals surface area (Å²) >= 11 is 0. The molecule has 3 rings (SSSR count). The van der Waals surface area contributed by atoms with Crippen molar-refractivity contribution >= 4 is 34.3 Å². The van der Waals surface area contributed by atoms with Crippen LogP contribution in [0.4, 0.5) is 0 Å². The number of para-hydroxylation sites is 1. The summed E-state index contributed by atoms with van der Waals surface area (Å²) < 4.78 is 5.18. The van der Waals surface area contributed by atoms with Crippen molar-refractivity contribution in [3.63, 3.8) is 0 Å². The van der Waals surface area contributed by atoms with Crippen molar-refractivity contribution < 1.29 is 19.1 Å². The summed E-state index contributed by atoms with van der Waals surface area (Å²) in [4.78, 5) is 38.5. The highest BCUT2D eigenvalue weighted by atomic mass is 16.5. The maximum atomic E-state index is 12.5. The molecule has 1 aromatic carbocycles. The number of nitrogens with one attached hydrogen (secondary N) is 2. The number of carbonyl (C=O) groups is 3. The fraction of sp³-hybridized carbons (Fsp3) is 0.250. The van der Waals surface area contributed by atoms with Gasteiger partial charge in [-0.2, -0.15) is 5.10 Å². The Kier molecular flexibility index (Phi) is 3.92. The summed E-state index contributed by atoms with van der Waals surface area (Å²) in [7, 11) is 0. The number of ether oxygens (including phenoxy) is 1. The van der Waals surface area contributed by atoms with E-state index in [1.54, 1.807) is 6.20 Å². The highest BCUT2D eigenvalue weighted by Gasteiger charge is 2.26. The number of ketones is 1. The van der Waals surface area contributed by atoms with Crippen LogP contribution in [0.3, 0.4) is 0 Å². The van der Waals surface area contributed by atoms with Gasteiger partial charge in [0.2, 0.25) is 11.7 Å². The first-order chi connectivity index (χ1) is 11.1. The van der Waals surface area contributed by atoms with Gasteiger partial charge in [-0.05, 0) is 13.0 Å². The minimum absolute atomic E-state index is 0.114. The first-order valence-electron chi connectivity index (χ1n) is 7.23. The zero-order chi connectivity index (χ0) is 16.4. The second kappa shape index (κ2) is 6.04. The molecule has 1 aliphatic heterocycles. The van der Waals surface area contributed by atoms with Crippen molar-refractivity contribution in [2.75, 3.05) is 0 Å². The SMILES string of the molecule is C[C@H](OC(=O)C1=NNC(=O)CC1)C(=O)c1c[nH]c2ccccc12. The predicted octanol–water partition coefficient (Wildman–Crippen LogP) is 1.55. The van der Waals surface area contributed by atoms with Crippen molar-refractivity contribution in [3.05, 3.63) is 36.0 Å². The molecule has 0 aliphatic carbocycles. The van der Waals surface area contributed by atoms with Gasteiger partial charge in [0.15, 0.2) is 6.10 Å². The summed E-state index contributed by atoms with van der Waals surface area (Å²) in [5.74, 6) is -1.23. The molecule has 118 valence electrons. The largest absolute Gasteiger partial charge is 0.450 e. The Morgan fingerprint density at radius 1 is 1.26 bits per heavy atom. The Hall–Kier alpha value is -2.96. The molecule has 0 fully saturated rings. The van der Waals surface area contributed by atoms with Gasteiger partial charge in [0.05, 0.1) is 0 Å². The number of esters is 1. The number of aromatic nitrogens is 1. The molecule has 2 heterocycles. The number of hydrogen-bond acceptors (Lipinski definition) is 5. The van der Waals surface area contributed by atoms with Gasteiger partial charge < -0.3 is 9.72 Å². The molecule has 7 heteroatoms. The maximum Gasteiger partial charge on any atom is 0.355 e. The molecule has 1 aromatic heterocycles. The van der Waals surface area contributed by atoms with Crippen LogP contribution in [0, 0.1) is 0 Å². The number of aromatic amines is 1. The summed E-state index contributed by atoms with van der Waals surface area (Å²) in [5, 5.41) is 4.44. The first-order valence-corrected chi connectivity index (χ1v) is 7.23. The smallest absolute Gasteiger partial charge is 0.355 e. The second-order valence-corrected chi connectivity index (χ2v) is 5.25. The zero-order valence-corrected chi connectivity index (χ0v) is 12.5. The number of fused-ring (bicyclic) bond motifs is 1. The third-order valence-corrected chi connectivity index (χ3v) is 3.65. The van der Waals surface area contributed by atoms with Gasteiger partial charge in [0.1, 0.15) is 5.71 Å². The Morgan fingerprint density at radius 2 is 2.04 bits per heavy atom. The van der Waals surface area contributed by atoms with Gasteiger partial charge in [-0.3, -0.25) is 9.59 Å². The molecular weight excluding hydrogens is 298 g/mol. The van der Waals surface area contributed by atoms with Crippen LogP contribution in [0.15, 0.2) is 35.6 Å². The van der Waals surface area contributed by atoms with Crippen molar-refractivity contribution in [1.82, 2.24) is 10.4 Å².